The molecule has 2 amide bonds. The van der Waals surface area contributed by atoms with Crippen molar-refractivity contribution in [1.29, 1.82) is 0 Å². The van der Waals surface area contributed by atoms with Crippen molar-refractivity contribution in [2.45, 2.75) is 0 Å². The molecule has 0 aliphatic carbocycles. The van der Waals surface area contributed by atoms with Crippen LogP contribution in [0.4, 0.5) is 5.69 Å². The van der Waals surface area contributed by atoms with E-state index < -0.39 is 11.8 Å². The van der Waals surface area contributed by atoms with E-state index in [1.807, 2.05) is 0 Å². The van der Waals surface area contributed by atoms with E-state index >= 15 is 0 Å². The quantitative estimate of drug-likeness (QED) is 0.890. The maximum absolute atomic E-state index is 12.0. The Labute approximate surface area is 114 Å². The highest BCUT2D eigenvalue weighted by Crippen LogP contribution is 2.19. The lowest BCUT2D eigenvalue weighted by Crippen LogP contribution is -2.20. The summed E-state index contributed by atoms with van der Waals surface area (Å²) in [6.07, 6.45) is 1.36. The van der Waals surface area contributed by atoms with Crippen LogP contribution in [-0.4, -0.2) is 21.6 Å². The average molecular weight is 279 g/mol. The molecule has 98 valence electrons. The molecular weight excluding hydrogens is 268 g/mol. The van der Waals surface area contributed by atoms with Gasteiger partial charge in [-0.05, 0) is 12.1 Å². The fourth-order valence-corrected chi connectivity index (χ4v) is 1.88. The number of nitrogens with one attached hydrogen (secondary N) is 1. The SMILES string of the molecule is Cn1ncc(NC(=O)c2ccccc2Cl)c1C(N)=O. The molecule has 0 saturated carbocycles. The Morgan fingerprint density at radius 3 is 2.68 bits per heavy atom. The zero-order chi connectivity index (χ0) is 14.0. The molecule has 2 aromatic rings. The minimum absolute atomic E-state index is 0.125. The van der Waals surface area contributed by atoms with E-state index in [2.05, 4.69) is 10.4 Å². The molecule has 0 aliphatic rings. The molecule has 1 aromatic heterocycles. The Bertz CT molecular complexity index is 651. The summed E-state index contributed by atoms with van der Waals surface area (Å²) >= 11 is 5.92. The number of aryl methyl sites for hydroxylation is 1. The molecule has 0 radical (unpaired) electrons. The molecule has 0 atom stereocenters. The first kappa shape index (κ1) is 13.1. The molecule has 2 rings (SSSR count). The average Bonchev–Trinajstić information content (AvgIpc) is 2.70. The number of nitrogens with two attached hydrogens (primary N) is 1. The molecule has 3 N–H and O–H groups in total. The molecule has 19 heavy (non-hydrogen) atoms. The van der Waals surface area contributed by atoms with Crippen LogP contribution in [0.2, 0.25) is 5.02 Å². The second kappa shape index (κ2) is 5.11. The van der Waals surface area contributed by atoms with Crippen molar-refractivity contribution in [3.05, 3.63) is 46.7 Å². The van der Waals surface area contributed by atoms with Crippen LogP contribution in [0.25, 0.3) is 0 Å². The van der Waals surface area contributed by atoms with Crippen molar-refractivity contribution < 1.29 is 9.59 Å². The molecule has 0 aliphatic heterocycles. The van der Waals surface area contributed by atoms with Crippen LogP contribution >= 0.6 is 11.6 Å². The van der Waals surface area contributed by atoms with Crippen LogP contribution in [-0.2, 0) is 7.05 Å². The molecule has 0 saturated heterocycles. The molecule has 1 aromatic carbocycles. The Balaban J connectivity index is 2.30. The van der Waals surface area contributed by atoms with E-state index in [-0.39, 0.29) is 11.4 Å². The van der Waals surface area contributed by atoms with Crippen LogP contribution in [0.1, 0.15) is 20.8 Å². The van der Waals surface area contributed by atoms with Crippen LogP contribution in [0.3, 0.4) is 0 Å². The topological polar surface area (TPSA) is 90.0 Å². The van der Waals surface area contributed by atoms with Gasteiger partial charge in [-0.1, -0.05) is 23.7 Å². The number of hydrogen-bond donors (Lipinski definition) is 2. The monoisotopic (exact) mass is 278 g/mol. The molecular formula is C12H11ClN4O2. The predicted octanol–water partition coefficient (Wildman–Crippen LogP) is 1.42. The van der Waals surface area contributed by atoms with Gasteiger partial charge in [-0.2, -0.15) is 5.10 Å². The lowest BCUT2D eigenvalue weighted by molar-refractivity contribution is 0.0992. The molecule has 0 unspecified atom stereocenters. The first-order chi connectivity index (χ1) is 9.00. The van der Waals surface area contributed by atoms with E-state index in [0.29, 0.717) is 10.6 Å². The number of aromatic nitrogens is 2. The maximum atomic E-state index is 12.0. The number of primary amides is 1. The summed E-state index contributed by atoms with van der Waals surface area (Å²) in [6.45, 7) is 0. The minimum atomic E-state index is -0.672. The summed E-state index contributed by atoms with van der Waals surface area (Å²) in [7, 11) is 1.56. The van der Waals surface area contributed by atoms with Gasteiger partial charge in [0, 0.05) is 7.05 Å². The molecule has 6 nitrogen and oxygen atoms in total. The van der Waals surface area contributed by atoms with Gasteiger partial charge < -0.3 is 11.1 Å². The number of hydrogen-bond acceptors (Lipinski definition) is 3. The van der Waals surface area contributed by atoms with Gasteiger partial charge >= 0.3 is 0 Å². The highest BCUT2D eigenvalue weighted by molar-refractivity contribution is 6.34. The van der Waals surface area contributed by atoms with Crippen molar-refractivity contribution in [1.82, 2.24) is 9.78 Å². The smallest absolute Gasteiger partial charge is 0.269 e. The predicted molar refractivity (Wildman–Crippen MR) is 71.1 cm³/mol. The molecule has 0 bridgehead atoms. The third-order valence-corrected chi connectivity index (χ3v) is 2.87. The number of carbonyl (C=O) groups excluding carboxylic acids is 2. The number of carbonyl (C=O) groups is 2. The number of halogens is 1. The first-order valence-electron chi connectivity index (χ1n) is 5.38. The maximum Gasteiger partial charge on any atom is 0.269 e. The second-order valence-electron chi connectivity index (χ2n) is 3.83. The minimum Gasteiger partial charge on any atom is -0.364 e. The van der Waals surface area contributed by atoms with E-state index in [1.54, 1.807) is 31.3 Å². The number of nitrogens with zero attached hydrogens (tertiary/aromatic N) is 2. The van der Waals surface area contributed by atoms with E-state index in [1.165, 1.54) is 10.9 Å². The highest BCUT2D eigenvalue weighted by Gasteiger charge is 2.17. The standard InChI is InChI=1S/C12H11ClN4O2/c1-17-10(11(14)18)9(6-15-17)16-12(19)7-4-2-3-5-8(7)13/h2-6H,1H3,(H2,14,18)(H,16,19). The van der Waals surface area contributed by atoms with E-state index in [9.17, 15) is 9.59 Å². The van der Waals surface area contributed by atoms with E-state index in [0.717, 1.165) is 0 Å². The number of anilines is 1. The Hall–Kier alpha value is -2.34. The van der Waals surface area contributed by atoms with Crippen LogP contribution in [0.15, 0.2) is 30.5 Å². The summed E-state index contributed by atoms with van der Waals surface area (Å²) in [5.41, 5.74) is 5.91. The Kier molecular flexibility index (Phi) is 3.52. The van der Waals surface area contributed by atoms with Crippen molar-refractivity contribution >= 4 is 29.1 Å². The van der Waals surface area contributed by atoms with Crippen molar-refractivity contribution in [3.8, 4) is 0 Å². The van der Waals surface area contributed by atoms with Crippen LogP contribution in [0.5, 0.6) is 0 Å². The summed E-state index contributed by atoms with van der Waals surface area (Å²) in [6, 6.07) is 6.60. The summed E-state index contributed by atoms with van der Waals surface area (Å²) in [5, 5.41) is 6.76. The zero-order valence-corrected chi connectivity index (χ0v) is 10.8. The third kappa shape index (κ3) is 2.58. The summed E-state index contributed by atoms with van der Waals surface area (Å²) in [4.78, 5) is 23.3. The fourth-order valence-electron chi connectivity index (χ4n) is 1.66. The van der Waals surface area contributed by atoms with Crippen LogP contribution < -0.4 is 11.1 Å². The number of benzene rings is 1. The van der Waals surface area contributed by atoms with Gasteiger partial charge in [0.15, 0.2) is 0 Å². The molecule has 0 spiro atoms. The molecule has 7 heteroatoms. The number of rotatable bonds is 3. The summed E-state index contributed by atoms with van der Waals surface area (Å²) in [5.74, 6) is -1.10. The van der Waals surface area contributed by atoms with Gasteiger partial charge in [0.05, 0.1) is 22.5 Å². The third-order valence-electron chi connectivity index (χ3n) is 2.54. The van der Waals surface area contributed by atoms with E-state index in [4.69, 9.17) is 17.3 Å². The first-order valence-corrected chi connectivity index (χ1v) is 5.76. The van der Waals surface area contributed by atoms with Crippen molar-refractivity contribution in [2.24, 2.45) is 12.8 Å². The zero-order valence-electron chi connectivity index (χ0n) is 10.1. The van der Waals surface area contributed by atoms with Gasteiger partial charge in [0.2, 0.25) is 0 Å². The lowest BCUT2D eigenvalue weighted by atomic mass is 10.2. The van der Waals surface area contributed by atoms with Gasteiger partial charge in [0.1, 0.15) is 5.69 Å². The van der Waals surface area contributed by atoms with Crippen molar-refractivity contribution in [3.63, 3.8) is 0 Å². The fraction of sp³-hybridized carbons (Fsp3) is 0.0833. The molecule has 1 heterocycles. The van der Waals surface area contributed by atoms with Gasteiger partial charge in [-0.15, -0.1) is 0 Å². The van der Waals surface area contributed by atoms with Gasteiger partial charge in [-0.3, -0.25) is 14.3 Å². The number of amides is 2. The highest BCUT2D eigenvalue weighted by atomic mass is 35.5. The lowest BCUT2D eigenvalue weighted by Gasteiger charge is -2.06. The van der Waals surface area contributed by atoms with Gasteiger partial charge in [0.25, 0.3) is 11.8 Å². The molecule has 0 fully saturated rings. The second-order valence-corrected chi connectivity index (χ2v) is 4.24. The normalized spacial score (nSPS) is 10.2. The largest absolute Gasteiger partial charge is 0.364 e. The van der Waals surface area contributed by atoms with Crippen molar-refractivity contribution in [2.75, 3.05) is 5.32 Å². The Morgan fingerprint density at radius 2 is 2.05 bits per heavy atom. The Morgan fingerprint density at radius 1 is 1.37 bits per heavy atom. The van der Waals surface area contributed by atoms with Crippen LogP contribution in [0, 0.1) is 0 Å². The summed E-state index contributed by atoms with van der Waals surface area (Å²) < 4.78 is 1.30. The van der Waals surface area contributed by atoms with Gasteiger partial charge in [-0.25, -0.2) is 0 Å².